The summed E-state index contributed by atoms with van der Waals surface area (Å²) in [6, 6.07) is 4.21. The fraction of sp³-hybridized carbons (Fsp3) is 0.667. The molecule has 1 atom stereocenters. The van der Waals surface area contributed by atoms with E-state index in [1.54, 1.807) is 0 Å². The molecule has 0 bridgehead atoms. The zero-order valence-electron chi connectivity index (χ0n) is 11.4. The molecule has 1 aromatic rings. The van der Waals surface area contributed by atoms with E-state index in [0.29, 0.717) is 6.54 Å². The number of nitrogens with two attached hydrogens (primary N) is 1. The van der Waals surface area contributed by atoms with Gasteiger partial charge in [-0.2, -0.15) is 0 Å². The largest absolute Gasteiger partial charge is 0.326 e. The molecule has 3 heteroatoms. The van der Waals surface area contributed by atoms with E-state index in [1.807, 2.05) is 6.20 Å². The molecule has 1 aliphatic heterocycles. The molecule has 2 N–H and O–H groups in total. The molecule has 1 fully saturated rings. The Kier molecular flexibility index (Phi) is 5.14. The predicted octanol–water partition coefficient (Wildman–Crippen LogP) is 2.55. The number of hydrogen-bond donors (Lipinski definition) is 1. The first-order valence-corrected chi connectivity index (χ1v) is 7.18. The van der Waals surface area contributed by atoms with E-state index in [0.717, 1.165) is 18.0 Å². The van der Waals surface area contributed by atoms with Crippen LogP contribution in [0.5, 0.6) is 0 Å². The third-order valence-corrected chi connectivity index (χ3v) is 4.02. The summed E-state index contributed by atoms with van der Waals surface area (Å²) in [4.78, 5) is 7.03. The third-order valence-electron chi connectivity index (χ3n) is 4.02. The molecule has 1 aromatic heterocycles. The van der Waals surface area contributed by atoms with Crippen LogP contribution in [0.15, 0.2) is 18.3 Å². The van der Waals surface area contributed by atoms with Crippen molar-refractivity contribution >= 4 is 0 Å². The highest BCUT2D eigenvalue weighted by Gasteiger charge is 2.15. The van der Waals surface area contributed by atoms with Crippen molar-refractivity contribution in [3.8, 4) is 0 Å². The quantitative estimate of drug-likeness (QED) is 0.889. The zero-order valence-corrected chi connectivity index (χ0v) is 11.4. The third kappa shape index (κ3) is 3.79. The second-order valence-electron chi connectivity index (χ2n) is 5.34. The molecule has 3 nitrogen and oxygen atoms in total. The maximum Gasteiger partial charge on any atom is 0.0544 e. The maximum absolute atomic E-state index is 5.58. The van der Waals surface area contributed by atoms with Crippen LogP contribution in [0.2, 0.25) is 0 Å². The van der Waals surface area contributed by atoms with Gasteiger partial charge < -0.3 is 5.73 Å². The molecule has 0 radical (unpaired) electrons. The number of nitrogens with zero attached hydrogens (tertiary/aromatic N) is 2. The van der Waals surface area contributed by atoms with E-state index in [1.165, 1.54) is 44.5 Å². The molecular formula is C15H25N3. The van der Waals surface area contributed by atoms with E-state index in [2.05, 4.69) is 28.9 Å². The van der Waals surface area contributed by atoms with Crippen LogP contribution in [-0.2, 0) is 13.1 Å². The number of likely N-dealkylation sites (tertiary alicyclic amines) is 1. The summed E-state index contributed by atoms with van der Waals surface area (Å²) >= 11 is 0. The Hall–Kier alpha value is -0.930. The summed E-state index contributed by atoms with van der Waals surface area (Å²) in [5, 5.41) is 0. The average molecular weight is 247 g/mol. The fourth-order valence-electron chi connectivity index (χ4n) is 2.69. The van der Waals surface area contributed by atoms with Gasteiger partial charge in [0.05, 0.1) is 5.69 Å². The molecule has 0 spiro atoms. The van der Waals surface area contributed by atoms with Crippen molar-refractivity contribution in [2.75, 3.05) is 13.1 Å². The van der Waals surface area contributed by atoms with Gasteiger partial charge in [-0.05, 0) is 49.9 Å². The second kappa shape index (κ2) is 6.86. The van der Waals surface area contributed by atoms with Crippen molar-refractivity contribution in [3.05, 3.63) is 29.6 Å². The van der Waals surface area contributed by atoms with Crippen molar-refractivity contribution in [3.63, 3.8) is 0 Å². The molecule has 0 aliphatic carbocycles. The second-order valence-corrected chi connectivity index (χ2v) is 5.34. The van der Waals surface area contributed by atoms with Crippen LogP contribution >= 0.6 is 0 Å². The van der Waals surface area contributed by atoms with Gasteiger partial charge >= 0.3 is 0 Å². The Bertz CT molecular complexity index is 347. The van der Waals surface area contributed by atoms with Crippen LogP contribution in [0.3, 0.4) is 0 Å². The minimum absolute atomic E-state index is 0.579. The van der Waals surface area contributed by atoms with Crippen molar-refractivity contribution in [2.24, 2.45) is 11.7 Å². The minimum atomic E-state index is 0.579. The fourth-order valence-corrected chi connectivity index (χ4v) is 2.69. The molecule has 1 unspecified atom stereocenters. The maximum atomic E-state index is 5.58. The van der Waals surface area contributed by atoms with Crippen molar-refractivity contribution in [1.82, 2.24) is 9.88 Å². The van der Waals surface area contributed by atoms with Crippen LogP contribution in [-0.4, -0.2) is 23.0 Å². The Morgan fingerprint density at radius 2 is 2.22 bits per heavy atom. The lowest BCUT2D eigenvalue weighted by molar-refractivity contribution is 0.269. The molecule has 100 valence electrons. The van der Waals surface area contributed by atoms with Gasteiger partial charge in [0.25, 0.3) is 0 Å². The summed E-state index contributed by atoms with van der Waals surface area (Å²) in [6.45, 7) is 6.32. The monoisotopic (exact) mass is 247 g/mol. The number of aromatic nitrogens is 1. The lowest BCUT2D eigenvalue weighted by atomic mass is 9.98. The highest BCUT2D eigenvalue weighted by Crippen LogP contribution is 2.21. The number of hydrogen-bond acceptors (Lipinski definition) is 3. The molecule has 2 rings (SSSR count). The summed E-state index contributed by atoms with van der Waals surface area (Å²) in [7, 11) is 0. The molecular weight excluding hydrogens is 222 g/mol. The standard InChI is InChI=1S/C15H25N3/c1-2-13-4-3-8-18(9-7-13)12-15-6-5-14(10-16)11-17-15/h5-6,11,13H,2-4,7-10,12,16H2,1H3. The van der Waals surface area contributed by atoms with Crippen molar-refractivity contribution < 1.29 is 0 Å². The molecule has 2 heterocycles. The first-order chi connectivity index (χ1) is 8.81. The average Bonchev–Trinajstić information content (AvgIpc) is 2.65. The van der Waals surface area contributed by atoms with Crippen LogP contribution in [0, 0.1) is 5.92 Å². The normalized spacial score (nSPS) is 21.8. The van der Waals surface area contributed by atoms with E-state index in [4.69, 9.17) is 5.73 Å². The SMILES string of the molecule is CCC1CCCN(Cc2ccc(CN)cn2)CC1. The van der Waals surface area contributed by atoms with Crippen LogP contribution in [0.25, 0.3) is 0 Å². The lowest BCUT2D eigenvalue weighted by Crippen LogP contribution is -2.24. The highest BCUT2D eigenvalue weighted by atomic mass is 15.1. The summed E-state index contributed by atoms with van der Waals surface area (Å²) in [6.07, 6.45) is 7.31. The van der Waals surface area contributed by atoms with Gasteiger partial charge in [0, 0.05) is 19.3 Å². The van der Waals surface area contributed by atoms with Crippen molar-refractivity contribution in [2.45, 2.75) is 45.7 Å². The van der Waals surface area contributed by atoms with Crippen LogP contribution < -0.4 is 5.73 Å². The van der Waals surface area contributed by atoms with E-state index < -0.39 is 0 Å². The Labute approximate surface area is 110 Å². The van der Waals surface area contributed by atoms with Gasteiger partial charge in [-0.1, -0.05) is 19.4 Å². The predicted molar refractivity (Wildman–Crippen MR) is 75.0 cm³/mol. The molecule has 18 heavy (non-hydrogen) atoms. The zero-order chi connectivity index (χ0) is 12.8. The smallest absolute Gasteiger partial charge is 0.0544 e. The van der Waals surface area contributed by atoms with Gasteiger partial charge in [0.1, 0.15) is 0 Å². The molecule has 1 aliphatic rings. The topological polar surface area (TPSA) is 42.1 Å². The summed E-state index contributed by atoms with van der Waals surface area (Å²) in [5.74, 6) is 0.933. The number of rotatable bonds is 4. The first-order valence-electron chi connectivity index (χ1n) is 7.18. The van der Waals surface area contributed by atoms with E-state index in [9.17, 15) is 0 Å². The Morgan fingerprint density at radius 3 is 2.89 bits per heavy atom. The van der Waals surface area contributed by atoms with Crippen molar-refractivity contribution in [1.29, 1.82) is 0 Å². The van der Waals surface area contributed by atoms with Gasteiger partial charge in [-0.25, -0.2) is 0 Å². The molecule has 0 amide bonds. The molecule has 1 saturated heterocycles. The van der Waals surface area contributed by atoms with Crippen LogP contribution in [0.4, 0.5) is 0 Å². The number of pyridine rings is 1. The summed E-state index contributed by atoms with van der Waals surface area (Å²) < 4.78 is 0. The lowest BCUT2D eigenvalue weighted by Gasteiger charge is -2.19. The van der Waals surface area contributed by atoms with E-state index >= 15 is 0 Å². The minimum Gasteiger partial charge on any atom is -0.326 e. The van der Waals surface area contributed by atoms with Gasteiger partial charge in [-0.3, -0.25) is 9.88 Å². The van der Waals surface area contributed by atoms with Gasteiger partial charge in [-0.15, -0.1) is 0 Å². The van der Waals surface area contributed by atoms with Crippen LogP contribution in [0.1, 0.15) is 43.9 Å². The Morgan fingerprint density at radius 1 is 1.33 bits per heavy atom. The van der Waals surface area contributed by atoms with E-state index in [-0.39, 0.29) is 0 Å². The molecule has 0 aromatic carbocycles. The first kappa shape index (κ1) is 13.5. The highest BCUT2D eigenvalue weighted by molar-refractivity contribution is 5.13. The Balaban J connectivity index is 1.88. The van der Waals surface area contributed by atoms with Gasteiger partial charge in [0.15, 0.2) is 0 Å². The van der Waals surface area contributed by atoms with Gasteiger partial charge in [0.2, 0.25) is 0 Å². The summed E-state index contributed by atoms with van der Waals surface area (Å²) in [5.41, 5.74) is 7.87. The molecule has 0 saturated carbocycles.